The van der Waals surface area contributed by atoms with E-state index in [9.17, 15) is 9.59 Å². The molecule has 4 rings (SSSR count). The Labute approximate surface area is 181 Å². The van der Waals surface area contributed by atoms with Gasteiger partial charge in [0.1, 0.15) is 5.41 Å². The van der Waals surface area contributed by atoms with Crippen LogP contribution in [0.1, 0.15) is 50.2 Å². The van der Waals surface area contributed by atoms with Crippen molar-refractivity contribution >= 4 is 40.7 Å². The van der Waals surface area contributed by atoms with Crippen LogP contribution in [-0.2, 0) is 15.0 Å². The second-order valence-electron chi connectivity index (χ2n) is 7.95. The third kappa shape index (κ3) is 3.13. The van der Waals surface area contributed by atoms with Crippen molar-refractivity contribution in [1.29, 1.82) is 0 Å². The van der Waals surface area contributed by atoms with Gasteiger partial charge in [-0.1, -0.05) is 68.1 Å². The van der Waals surface area contributed by atoms with E-state index in [0.717, 1.165) is 29.7 Å². The molecule has 0 bridgehead atoms. The van der Waals surface area contributed by atoms with Gasteiger partial charge in [-0.15, -0.1) is 0 Å². The number of hydrogen-bond donors (Lipinski definition) is 2. The van der Waals surface area contributed by atoms with Gasteiger partial charge in [0, 0.05) is 28.1 Å². The number of piperidine rings is 1. The monoisotopic (exact) mass is 430 g/mol. The molecule has 1 spiro atoms. The van der Waals surface area contributed by atoms with Crippen LogP contribution in [0.5, 0.6) is 0 Å². The van der Waals surface area contributed by atoms with Crippen molar-refractivity contribution in [2.45, 2.75) is 50.5 Å². The van der Waals surface area contributed by atoms with E-state index >= 15 is 0 Å². The van der Waals surface area contributed by atoms with Gasteiger partial charge >= 0.3 is 0 Å². The largest absolute Gasteiger partial charge is 0.352 e. The summed E-state index contributed by atoms with van der Waals surface area (Å²) < 4.78 is 0. The summed E-state index contributed by atoms with van der Waals surface area (Å²) in [6, 6.07) is 12.7. The van der Waals surface area contributed by atoms with Gasteiger partial charge in [-0.2, -0.15) is 0 Å². The Morgan fingerprint density at radius 2 is 1.79 bits per heavy atom. The van der Waals surface area contributed by atoms with Crippen LogP contribution in [-0.4, -0.2) is 17.9 Å². The summed E-state index contributed by atoms with van der Waals surface area (Å²) in [6.07, 6.45) is 1.95. The average molecular weight is 431 g/mol. The van der Waals surface area contributed by atoms with Gasteiger partial charge in [0.25, 0.3) is 0 Å². The van der Waals surface area contributed by atoms with Crippen molar-refractivity contribution in [3.63, 3.8) is 0 Å². The normalized spacial score (nSPS) is 25.8. The van der Waals surface area contributed by atoms with E-state index in [4.69, 9.17) is 23.2 Å². The maximum absolute atomic E-state index is 13.7. The number of carbonyl (C=O) groups is 2. The molecule has 0 unspecified atom stereocenters. The Kier molecular flexibility index (Phi) is 5.34. The van der Waals surface area contributed by atoms with Gasteiger partial charge < -0.3 is 10.6 Å². The van der Waals surface area contributed by atoms with Crippen molar-refractivity contribution < 1.29 is 9.59 Å². The van der Waals surface area contributed by atoms with Crippen molar-refractivity contribution in [2.75, 3.05) is 5.32 Å². The molecule has 2 aromatic rings. The molecule has 4 nitrogen and oxygen atoms in total. The highest BCUT2D eigenvalue weighted by Crippen LogP contribution is 2.55. The fraction of sp³-hybridized carbons (Fsp3) is 0.391. The first-order valence-corrected chi connectivity index (χ1v) is 10.8. The number of amides is 2. The standard InChI is InChI=1S/C23H24Cl2N2O2/c1-3-13(4-2)21-23(17-9-8-16(25)11-19(17)26-22(23)29)18(12-20(28)27-21)14-6-5-7-15(24)10-14/h5-11,13,18,21H,3-4,12H2,1-2H3,(H,26,29)(H,27,28)/t18-,21+,23-/m1/s1. The van der Waals surface area contributed by atoms with Crippen LogP contribution in [0.15, 0.2) is 42.5 Å². The molecule has 6 heteroatoms. The van der Waals surface area contributed by atoms with Gasteiger partial charge in [-0.05, 0) is 41.3 Å². The third-order valence-electron chi connectivity index (χ3n) is 6.57. The van der Waals surface area contributed by atoms with E-state index < -0.39 is 5.41 Å². The topological polar surface area (TPSA) is 58.2 Å². The minimum absolute atomic E-state index is 0.0345. The van der Waals surface area contributed by atoms with E-state index in [1.807, 2.05) is 30.3 Å². The highest BCUT2D eigenvalue weighted by molar-refractivity contribution is 6.31. The molecule has 29 heavy (non-hydrogen) atoms. The zero-order chi connectivity index (χ0) is 20.8. The number of carbonyl (C=O) groups excluding carboxylic acids is 2. The maximum Gasteiger partial charge on any atom is 0.237 e. The Balaban J connectivity index is 2.00. The number of rotatable bonds is 4. The molecule has 2 amide bonds. The summed E-state index contributed by atoms with van der Waals surface area (Å²) in [7, 11) is 0. The summed E-state index contributed by atoms with van der Waals surface area (Å²) in [4.78, 5) is 26.5. The molecule has 2 aliphatic rings. The lowest BCUT2D eigenvalue weighted by molar-refractivity contribution is -0.132. The fourth-order valence-corrected chi connectivity index (χ4v) is 5.62. The molecule has 2 N–H and O–H groups in total. The van der Waals surface area contributed by atoms with Gasteiger partial charge in [0.05, 0.1) is 6.04 Å². The van der Waals surface area contributed by atoms with E-state index in [0.29, 0.717) is 10.0 Å². The molecule has 0 saturated carbocycles. The minimum Gasteiger partial charge on any atom is -0.352 e. The lowest BCUT2D eigenvalue weighted by Crippen LogP contribution is -2.64. The second kappa shape index (κ2) is 7.66. The van der Waals surface area contributed by atoms with Gasteiger partial charge in [0.2, 0.25) is 11.8 Å². The van der Waals surface area contributed by atoms with E-state index in [-0.39, 0.29) is 36.1 Å². The fourth-order valence-electron chi connectivity index (χ4n) is 5.25. The highest BCUT2D eigenvalue weighted by Gasteiger charge is 2.61. The average Bonchev–Trinajstić information content (AvgIpc) is 2.96. The molecule has 0 radical (unpaired) electrons. The summed E-state index contributed by atoms with van der Waals surface area (Å²) >= 11 is 12.5. The first-order chi connectivity index (χ1) is 13.9. The zero-order valence-electron chi connectivity index (χ0n) is 16.5. The first kappa shape index (κ1) is 20.2. The van der Waals surface area contributed by atoms with Crippen LogP contribution in [0, 0.1) is 5.92 Å². The summed E-state index contributed by atoms with van der Waals surface area (Å²) in [5, 5.41) is 7.40. The minimum atomic E-state index is -0.908. The summed E-state index contributed by atoms with van der Waals surface area (Å²) in [5.41, 5.74) is 1.62. The zero-order valence-corrected chi connectivity index (χ0v) is 18.0. The molecular formula is C23H24Cl2N2O2. The molecule has 1 saturated heterocycles. The smallest absolute Gasteiger partial charge is 0.237 e. The molecule has 2 aromatic carbocycles. The number of benzene rings is 2. The Hall–Kier alpha value is -2.04. The molecule has 1 fully saturated rings. The number of fused-ring (bicyclic) bond motifs is 2. The Morgan fingerprint density at radius 1 is 1.07 bits per heavy atom. The molecule has 0 aromatic heterocycles. The van der Waals surface area contributed by atoms with E-state index in [1.165, 1.54) is 0 Å². The highest BCUT2D eigenvalue weighted by atomic mass is 35.5. The number of anilines is 1. The summed E-state index contributed by atoms with van der Waals surface area (Å²) in [6.45, 7) is 4.21. The van der Waals surface area contributed by atoms with Crippen LogP contribution in [0.4, 0.5) is 5.69 Å². The van der Waals surface area contributed by atoms with Crippen LogP contribution >= 0.6 is 23.2 Å². The molecule has 2 aliphatic heterocycles. The van der Waals surface area contributed by atoms with Gasteiger partial charge in [0.15, 0.2) is 0 Å². The lowest BCUT2D eigenvalue weighted by atomic mass is 9.57. The molecule has 3 atom stereocenters. The van der Waals surface area contributed by atoms with Crippen LogP contribution in [0.25, 0.3) is 0 Å². The molecular weight excluding hydrogens is 407 g/mol. The quantitative estimate of drug-likeness (QED) is 0.691. The van der Waals surface area contributed by atoms with Gasteiger partial charge in [-0.25, -0.2) is 0 Å². The summed E-state index contributed by atoms with van der Waals surface area (Å²) in [5.74, 6) is -0.277. The van der Waals surface area contributed by atoms with Crippen LogP contribution in [0.3, 0.4) is 0 Å². The number of hydrogen-bond acceptors (Lipinski definition) is 2. The lowest BCUT2D eigenvalue weighted by Gasteiger charge is -2.49. The van der Waals surface area contributed by atoms with Crippen molar-refractivity contribution in [1.82, 2.24) is 5.32 Å². The predicted molar refractivity (Wildman–Crippen MR) is 117 cm³/mol. The van der Waals surface area contributed by atoms with Gasteiger partial charge in [-0.3, -0.25) is 9.59 Å². The van der Waals surface area contributed by atoms with Crippen LogP contribution in [0.2, 0.25) is 10.0 Å². The van der Waals surface area contributed by atoms with Crippen molar-refractivity contribution in [2.24, 2.45) is 5.92 Å². The number of nitrogens with one attached hydrogen (secondary N) is 2. The second-order valence-corrected chi connectivity index (χ2v) is 8.82. The van der Waals surface area contributed by atoms with Crippen molar-refractivity contribution in [3.8, 4) is 0 Å². The molecule has 2 heterocycles. The predicted octanol–water partition coefficient (Wildman–Crippen LogP) is 5.29. The maximum atomic E-state index is 13.7. The Morgan fingerprint density at radius 3 is 2.48 bits per heavy atom. The Bertz CT molecular complexity index is 973. The third-order valence-corrected chi connectivity index (χ3v) is 7.04. The van der Waals surface area contributed by atoms with E-state index in [1.54, 1.807) is 12.1 Å². The van der Waals surface area contributed by atoms with Crippen molar-refractivity contribution in [3.05, 3.63) is 63.6 Å². The SMILES string of the molecule is CCC(CC)[C@@H]1NC(=O)C[C@H](c2cccc(Cl)c2)[C@@]12C(=O)Nc1cc(Cl)ccc12. The number of halogens is 2. The molecule has 152 valence electrons. The van der Waals surface area contributed by atoms with Crippen LogP contribution < -0.4 is 10.6 Å². The molecule has 0 aliphatic carbocycles. The first-order valence-electron chi connectivity index (χ1n) is 10.1. The van der Waals surface area contributed by atoms with E-state index in [2.05, 4.69) is 24.5 Å².